The van der Waals surface area contributed by atoms with Crippen LogP contribution in [0.15, 0.2) is 18.2 Å². The van der Waals surface area contributed by atoms with Gasteiger partial charge in [0.25, 0.3) is 5.91 Å². The van der Waals surface area contributed by atoms with E-state index in [4.69, 9.17) is 10.5 Å². The second-order valence-corrected chi connectivity index (χ2v) is 4.91. The fourth-order valence-electron chi connectivity index (χ4n) is 2.44. The summed E-state index contributed by atoms with van der Waals surface area (Å²) in [5.41, 5.74) is 6.69. The number of rotatable bonds is 3. The summed E-state index contributed by atoms with van der Waals surface area (Å²) in [6.07, 6.45) is 2.85. The van der Waals surface area contributed by atoms with Crippen LogP contribution in [0.5, 0.6) is 5.75 Å². The Labute approximate surface area is 112 Å². The van der Waals surface area contributed by atoms with E-state index in [-0.39, 0.29) is 18.1 Å². The average Bonchev–Trinajstić information content (AvgIpc) is 2.41. The summed E-state index contributed by atoms with van der Waals surface area (Å²) in [6.45, 7) is 0. The van der Waals surface area contributed by atoms with Crippen LogP contribution in [0.4, 0.5) is 5.69 Å². The van der Waals surface area contributed by atoms with Gasteiger partial charge >= 0.3 is 0 Å². The summed E-state index contributed by atoms with van der Waals surface area (Å²) in [5, 5.41) is 12.4. The van der Waals surface area contributed by atoms with Crippen molar-refractivity contribution in [2.24, 2.45) is 0 Å². The predicted molar refractivity (Wildman–Crippen MR) is 73.1 cm³/mol. The number of carbonyl (C=O) groups is 1. The molecule has 5 nitrogen and oxygen atoms in total. The summed E-state index contributed by atoms with van der Waals surface area (Å²) in [7, 11) is 1.50. The van der Waals surface area contributed by atoms with Gasteiger partial charge in [0.05, 0.1) is 24.5 Å². The second kappa shape index (κ2) is 5.93. The van der Waals surface area contributed by atoms with Crippen molar-refractivity contribution in [3.63, 3.8) is 0 Å². The molecule has 4 N–H and O–H groups in total. The maximum atomic E-state index is 12.2. The molecule has 104 valence electrons. The topological polar surface area (TPSA) is 84.6 Å². The van der Waals surface area contributed by atoms with Crippen LogP contribution in [0.3, 0.4) is 0 Å². The largest absolute Gasteiger partial charge is 0.494 e. The lowest BCUT2D eigenvalue weighted by Gasteiger charge is -2.26. The first kappa shape index (κ1) is 13.7. The van der Waals surface area contributed by atoms with Gasteiger partial charge in [0, 0.05) is 6.04 Å². The minimum absolute atomic E-state index is 0.113. The van der Waals surface area contributed by atoms with Gasteiger partial charge in [0.15, 0.2) is 5.75 Å². The maximum Gasteiger partial charge on any atom is 0.255 e. The van der Waals surface area contributed by atoms with E-state index in [2.05, 4.69) is 5.32 Å². The van der Waals surface area contributed by atoms with Crippen LogP contribution in [0.25, 0.3) is 0 Å². The Balaban J connectivity index is 2.06. The van der Waals surface area contributed by atoms with E-state index in [9.17, 15) is 9.90 Å². The van der Waals surface area contributed by atoms with E-state index in [0.717, 1.165) is 25.7 Å². The number of hydrogen-bond acceptors (Lipinski definition) is 4. The number of nitrogens with one attached hydrogen (secondary N) is 1. The SMILES string of the molecule is COc1c(N)cccc1C(=O)NC1CCC(O)CC1. The number of para-hydroxylation sites is 1. The molecule has 0 heterocycles. The summed E-state index contributed by atoms with van der Waals surface area (Å²) >= 11 is 0. The second-order valence-electron chi connectivity index (χ2n) is 4.91. The van der Waals surface area contributed by atoms with E-state index in [1.165, 1.54) is 7.11 Å². The van der Waals surface area contributed by atoms with Crippen molar-refractivity contribution in [3.8, 4) is 5.75 Å². The number of aliphatic hydroxyl groups excluding tert-OH is 1. The number of methoxy groups -OCH3 is 1. The Morgan fingerprint density at radius 1 is 1.37 bits per heavy atom. The van der Waals surface area contributed by atoms with Gasteiger partial charge in [-0.15, -0.1) is 0 Å². The summed E-state index contributed by atoms with van der Waals surface area (Å²) in [5.74, 6) is 0.237. The van der Waals surface area contributed by atoms with Crippen molar-refractivity contribution in [1.82, 2.24) is 5.32 Å². The Bertz CT molecular complexity index is 454. The smallest absolute Gasteiger partial charge is 0.255 e. The van der Waals surface area contributed by atoms with E-state index >= 15 is 0 Å². The molecule has 1 amide bonds. The number of nitrogen functional groups attached to an aromatic ring is 1. The van der Waals surface area contributed by atoms with Crippen molar-refractivity contribution in [2.75, 3.05) is 12.8 Å². The molecule has 0 aliphatic heterocycles. The van der Waals surface area contributed by atoms with Gasteiger partial charge in [0.1, 0.15) is 0 Å². The highest BCUT2D eigenvalue weighted by molar-refractivity contribution is 5.98. The zero-order chi connectivity index (χ0) is 13.8. The van der Waals surface area contributed by atoms with Crippen LogP contribution in [-0.2, 0) is 0 Å². The lowest BCUT2D eigenvalue weighted by molar-refractivity contribution is 0.0865. The monoisotopic (exact) mass is 264 g/mol. The summed E-state index contributed by atoms with van der Waals surface area (Å²) in [6, 6.07) is 5.24. The normalized spacial score (nSPS) is 22.8. The third kappa shape index (κ3) is 3.17. The lowest BCUT2D eigenvalue weighted by Crippen LogP contribution is -2.38. The fraction of sp³-hybridized carbons (Fsp3) is 0.500. The fourth-order valence-corrected chi connectivity index (χ4v) is 2.44. The van der Waals surface area contributed by atoms with Crippen molar-refractivity contribution < 1.29 is 14.6 Å². The minimum Gasteiger partial charge on any atom is -0.494 e. The predicted octanol–water partition coefficient (Wildman–Crippen LogP) is 1.31. The van der Waals surface area contributed by atoms with Crippen LogP contribution < -0.4 is 15.8 Å². The first-order valence-electron chi connectivity index (χ1n) is 6.53. The lowest BCUT2D eigenvalue weighted by atomic mass is 9.93. The molecule has 1 aliphatic rings. The van der Waals surface area contributed by atoms with Gasteiger partial charge in [-0.3, -0.25) is 4.79 Å². The highest BCUT2D eigenvalue weighted by Gasteiger charge is 2.22. The number of carbonyl (C=O) groups excluding carboxylic acids is 1. The minimum atomic E-state index is -0.227. The molecular formula is C14H20N2O3. The Morgan fingerprint density at radius 2 is 2.05 bits per heavy atom. The van der Waals surface area contributed by atoms with Gasteiger partial charge < -0.3 is 20.9 Å². The van der Waals surface area contributed by atoms with E-state index in [1.54, 1.807) is 18.2 Å². The molecule has 1 aromatic carbocycles. The number of ether oxygens (including phenoxy) is 1. The quantitative estimate of drug-likeness (QED) is 0.719. The molecule has 5 heteroatoms. The molecule has 2 rings (SSSR count). The number of hydrogen-bond donors (Lipinski definition) is 3. The molecule has 1 fully saturated rings. The Hall–Kier alpha value is -1.75. The molecule has 0 bridgehead atoms. The van der Waals surface area contributed by atoms with Crippen molar-refractivity contribution in [1.29, 1.82) is 0 Å². The van der Waals surface area contributed by atoms with Crippen molar-refractivity contribution >= 4 is 11.6 Å². The highest BCUT2D eigenvalue weighted by Crippen LogP contribution is 2.26. The van der Waals surface area contributed by atoms with Gasteiger partial charge in [-0.25, -0.2) is 0 Å². The Morgan fingerprint density at radius 3 is 2.68 bits per heavy atom. The zero-order valence-corrected chi connectivity index (χ0v) is 11.1. The molecule has 0 radical (unpaired) electrons. The maximum absolute atomic E-state index is 12.2. The number of anilines is 1. The van der Waals surface area contributed by atoms with Gasteiger partial charge in [-0.1, -0.05) is 6.07 Å². The molecule has 0 saturated heterocycles. The molecule has 19 heavy (non-hydrogen) atoms. The first-order valence-corrected chi connectivity index (χ1v) is 6.53. The molecule has 0 unspecified atom stereocenters. The number of benzene rings is 1. The number of aliphatic hydroxyl groups is 1. The molecule has 0 spiro atoms. The van der Waals surface area contributed by atoms with Crippen molar-refractivity contribution in [3.05, 3.63) is 23.8 Å². The highest BCUT2D eigenvalue weighted by atomic mass is 16.5. The van der Waals surface area contributed by atoms with Crippen molar-refractivity contribution in [2.45, 2.75) is 37.8 Å². The van der Waals surface area contributed by atoms with Crippen LogP contribution in [0.2, 0.25) is 0 Å². The van der Waals surface area contributed by atoms with Crippen LogP contribution in [0.1, 0.15) is 36.0 Å². The summed E-state index contributed by atoms with van der Waals surface area (Å²) in [4.78, 5) is 12.2. The van der Waals surface area contributed by atoms with Crippen LogP contribution in [0, 0.1) is 0 Å². The van der Waals surface area contributed by atoms with E-state index < -0.39 is 0 Å². The number of amides is 1. The Kier molecular flexibility index (Phi) is 4.27. The molecular weight excluding hydrogens is 244 g/mol. The van der Waals surface area contributed by atoms with Gasteiger partial charge in [-0.2, -0.15) is 0 Å². The number of nitrogens with two attached hydrogens (primary N) is 1. The van der Waals surface area contributed by atoms with Crippen LogP contribution in [-0.4, -0.2) is 30.3 Å². The van der Waals surface area contributed by atoms with E-state index in [0.29, 0.717) is 17.0 Å². The molecule has 1 saturated carbocycles. The zero-order valence-electron chi connectivity index (χ0n) is 11.1. The standard InChI is InChI=1S/C14H20N2O3/c1-19-13-11(3-2-4-12(13)15)14(18)16-9-5-7-10(17)8-6-9/h2-4,9-10,17H,5-8,15H2,1H3,(H,16,18). The molecule has 0 aromatic heterocycles. The first-order chi connectivity index (χ1) is 9.11. The average molecular weight is 264 g/mol. The van der Waals surface area contributed by atoms with Gasteiger partial charge in [-0.05, 0) is 37.8 Å². The molecule has 1 aliphatic carbocycles. The van der Waals surface area contributed by atoms with Gasteiger partial charge in [0.2, 0.25) is 0 Å². The van der Waals surface area contributed by atoms with Crippen LogP contribution >= 0.6 is 0 Å². The van der Waals surface area contributed by atoms with E-state index in [1.807, 2.05) is 0 Å². The summed E-state index contributed by atoms with van der Waals surface area (Å²) < 4.78 is 5.18. The third-order valence-corrected chi connectivity index (χ3v) is 3.53. The molecule has 1 aromatic rings. The third-order valence-electron chi connectivity index (χ3n) is 3.53. The molecule has 0 atom stereocenters.